The van der Waals surface area contributed by atoms with Crippen molar-refractivity contribution < 1.29 is 13.6 Å². The van der Waals surface area contributed by atoms with E-state index in [1.165, 1.54) is 6.07 Å². The summed E-state index contributed by atoms with van der Waals surface area (Å²) in [6.07, 6.45) is 2.24. The molecular formula is C16H16F2N2OS. The van der Waals surface area contributed by atoms with Crippen molar-refractivity contribution in [3.8, 4) is 0 Å². The number of rotatable bonds is 2. The largest absolute Gasteiger partial charge is 0.347 e. The molecule has 1 aromatic heterocycles. The van der Waals surface area contributed by atoms with Gasteiger partial charge in [0.15, 0.2) is 0 Å². The monoisotopic (exact) mass is 322 g/mol. The molecule has 3 saturated heterocycles. The molecule has 1 amide bonds. The molecule has 22 heavy (non-hydrogen) atoms. The van der Waals surface area contributed by atoms with Gasteiger partial charge in [-0.25, -0.2) is 8.78 Å². The molecule has 5 rings (SSSR count). The second kappa shape index (κ2) is 5.28. The number of fused-ring (bicyclic) bond motifs is 4. The molecule has 116 valence electrons. The van der Waals surface area contributed by atoms with Crippen molar-refractivity contribution in [2.45, 2.75) is 18.9 Å². The predicted molar refractivity (Wildman–Crippen MR) is 82.2 cm³/mol. The molecular weight excluding hydrogens is 306 g/mol. The number of hydrogen-bond acceptors (Lipinski definition) is 3. The lowest BCUT2D eigenvalue weighted by atomic mass is 9.84. The van der Waals surface area contributed by atoms with E-state index in [1.54, 1.807) is 6.07 Å². The Hall–Kier alpha value is -1.53. The Kier molecular flexibility index (Phi) is 3.38. The zero-order valence-electron chi connectivity index (χ0n) is 11.9. The van der Waals surface area contributed by atoms with Crippen LogP contribution in [0.5, 0.6) is 0 Å². The molecule has 2 bridgehead atoms. The standard InChI is InChI=1S/C16H16F2N2OS/c17-11-5-10-6-14(22-15(10)12(18)7-11)16(21)19-13-8-20-3-1-9(13)2-4-20/h5-7,9,13H,1-4,8H2,(H,19,21)/t13-/m1/s1. The number of carbonyl (C=O) groups excluding carboxylic acids is 1. The fourth-order valence-electron chi connectivity index (χ4n) is 3.56. The first-order valence-corrected chi connectivity index (χ1v) is 8.33. The van der Waals surface area contributed by atoms with Crippen LogP contribution < -0.4 is 5.32 Å². The van der Waals surface area contributed by atoms with E-state index in [4.69, 9.17) is 0 Å². The van der Waals surface area contributed by atoms with Gasteiger partial charge in [0.1, 0.15) is 11.6 Å². The lowest BCUT2D eigenvalue weighted by Crippen LogP contribution is -2.57. The van der Waals surface area contributed by atoms with Crippen molar-refractivity contribution in [3.05, 3.63) is 34.7 Å². The molecule has 0 radical (unpaired) electrons. The molecule has 0 aliphatic carbocycles. The quantitative estimate of drug-likeness (QED) is 0.922. The molecule has 6 heteroatoms. The highest BCUT2D eigenvalue weighted by atomic mass is 32.1. The van der Waals surface area contributed by atoms with Crippen molar-refractivity contribution >= 4 is 27.3 Å². The number of nitrogens with one attached hydrogen (secondary N) is 1. The highest BCUT2D eigenvalue weighted by Crippen LogP contribution is 2.31. The van der Waals surface area contributed by atoms with E-state index < -0.39 is 11.6 Å². The zero-order valence-corrected chi connectivity index (χ0v) is 12.8. The Morgan fingerprint density at radius 2 is 2.00 bits per heavy atom. The van der Waals surface area contributed by atoms with Crippen molar-refractivity contribution in [1.29, 1.82) is 0 Å². The maximum atomic E-state index is 13.7. The van der Waals surface area contributed by atoms with Crippen LogP contribution in [0.15, 0.2) is 18.2 Å². The molecule has 1 N–H and O–H groups in total. The first-order chi connectivity index (χ1) is 10.6. The second-order valence-electron chi connectivity index (χ2n) is 6.13. The smallest absolute Gasteiger partial charge is 0.261 e. The van der Waals surface area contributed by atoms with Crippen molar-refractivity contribution in [1.82, 2.24) is 10.2 Å². The first-order valence-electron chi connectivity index (χ1n) is 7.52. The Morgan fingerprint density at radius 1 is 1.23 bits per heavy atom. The molecule has 2 aromatic rings. The number of nitrogens with zero attached hydrogens (tertiary/aromatic N) is 1. The van der Waals surface area contributed by atoms with Crippen LogP contribution in [0.25, 0.3) is 10.1 Å². The van der Waals surface area contributed by atoms with E-state index >= 15 is 0 Å². The normalized spacial score (nSPS) is 27.3. The third-order valence-corrected chi connectivity index (χ3v) is 5.89. The minimum Gasteiger partial charge on any atom is -0.347 e. The van der Waals surface area contributed by atoms with E-state index in [0.717, 1.165) is 49.9 Å². The molecule has 4 heterocycles. The predicted octanol–water partition coefficient (Wildman–Crippen LogP) is 3.00. The van der Waals surface area contributed by atoms with Gasteiger partial charge in [-0.05, 0) is 49.4 Å². The number of thiophene rings is 1. The molecule has 0 saturated carbocycles. The second-order valence-corrected chi connectivity index (χ2v) is 7.19. The van der Waals surface area contributed by atoms with E-state index in [9.17, 15) is 13.6 Å². The van der Waals surface area contributed by atoms with Crippen LogP contribution in [-0.4, -0.2) is 36.5 Å². The van der Waals surface area contributed by atoms with Crippen LogP contribution in [0.1, 0.15) is 22.5 Å². The number of amides is 1. The van der Waals surface area contributed by atoms with Gasteiger partial charge in [0, 0.05) is 18.7 Å². The molecule has 3 fully saturated rings. The van der Waals surface area contributed by atoms with Gasteiger partial charge in [-0.2, -0.15) is 0 Å². The molecule has 1 atom stereocenters. The van der Waals surface area contributed by atoms with Gasteiger partial charge < -0.3 is 10.2 Å². The van der Waals surface area contributed by atoms with Crippen LogP contribution in [0.3, 0.4) is 0 Å². The Labute approximate surface area is 130 Å². The van der Waals surface area contributed by atoms with E-state index in [-0.39, 0.29) is 11.9 Å². The summed E-state index contributed by atoms with van der Waals surface area (Å²) in [5.74, 6) is -0.869. The number of halogens is 2. The number of piperidine rings is 3. The average Bonchev–Trinajstić information content (AvgIpc) is 2.93. The van der Waals surface area contributed by atoms with Crippen molar-refractivity contribution in [3.63, 3.8) is 0 Å². The number of benzene rings is 1. The average molecular weight is 322 g/mol. The zero-order chi connectivity index (χ0) is 15.3. The molecule has 0 unspecified atom stereocenters. The summed E-state index contributed by atoms with van der Waals surface area (Å²) in [5, 5.41) is 3.52. The Morgan fingerprint density at radius 3 is 2.68 bits per heavy atom. The summed E-state index contributed by atoms with van der Waals surface area (Å²) in [6.45, 7) is 3.12. The molecule has 3 aliphatic heterocycles. The highest BCUT2D eigenvalue weighted by molar-refractivity contribution is 7.20. The lowest BCUT2D eigenvalue weighted by molar-refractivity contribution is 0.0622. The summed E-state index contributed by atoms with van der Waals surface area (Å²) < 4.78 is 27.3. The van der Waals surface area contributed by atoms with Crippen LogP contribution in [0.2, 0.25) is 0 Å². The summed E-state index contributed by atoms with van der Waals surface area (Å²) >= 11 is 1.08. The summed E-state index contributed by atoms with van der Waals surface area (Å²) in [5.41, 5.74) is 0. The van der Waals surface area contributed by atoms with Gasteiger partial charge in [0.2, 0.25) is 0 Å². The van der Waals surface area contributed by atoms with Gasteiger partial charge in [-0.15, -0.1) is 11.3 Å². The van der Waals surface area contributed by atoms with Crippen LogP contribution in [-0.2, 0) is 0 Å². The Balaban J connectivity index is 1.56. The van der Waals surface area contributed by atoms with Crippen molar-refractivity contribution in [2.75, 3.05) is 19.6 Å². The number of carbonyl (C=O) groups is 1. The summed E-state index contributed by atoms with van der Waals surface area (Å²) in [7, 11) is 0. The molecule has 0 spiro atoms. The first kappa shape index (κ1) is 14.1. The Bertz CT molecular complexity index is 737. The van der Waals surface area contributed by atoms with E-state index in [0.29, 0.717) is 20.9 Å². The van der Waals surface area contributed by atoms with Gasteiger partial charge in [-0.1, -0.05) is 0 Å². The third-order valence-electron chi connectivity index (χ3n) is 4.73. The third kappa shape index (κ3) is 2.40. The van der Waals surface area contributed by atoms with Gasteiger partial charge in [-0.3, -0.25) is 4.79 Å². The van der Waals surface area contributed by atoms with E-state index in [2.05, 4.69) is 10.2 Å². The van der Waals surface area contributed by atoms with Gasteiger partial charge in [0.05, 0.1) is 9.58 Å². The molecule has 3 nitrogen and oxygen atoms in total. The summed E-state index contributed by atoms with van der Waals surface area (Å²) in [4.78, 5) is 15.2. The highest BCUT2D eigenvalue weighted by Gasteiger charge is 2.35. The van der Waals surface area contributed by atoms with Crippen LogP contribution in [0, 0.1) is 17.6 Å². The number of hydrogen-bond donors (Lipinski definition) is 1. The lowest BCUT2D eigenvalue weighted by Gasteiger charge is -2.44. The fraction of sp³-hybridized carbons (Fsp3) is 0.438. The summed E-state index contributed by atoms with van der Waals surface area (Å²) in [6, 6.07) is 3.86. The van der Waals surface area contributed by atoms with Crippen LogP contribution >= 0.6 is 11.3 Å². The van der Waals surface area contributed by atoms with Gasteiger partial charge in [0.25, 0.3) is 5.91 Å². The maximum absolute atomic E-state index is 13.7. The maximum Gasteiger partial charge on any atom is 0.261 e. The fourth-order valence-corrected chi connectivity index (χ4v) is 4.51. The minimum absolute atomic E-state index is 0.168. The van der Waals surface area contributed by atoms with Crippen LogP contribution in [0.4, 0.5) is 8.78 Å². The van der Waals surface area contributed by atoms with Crippen molar-refractivity contribution in [2.24, 2.45) is 5.92 Å². The molecule has 1 aromatic carbocycles. The molecule has 3 aliphatic rings. The van der Waals surface area contributed by atoms with E-state index in [1.807, 2.05) is 0 Å². The minimum atomic E-state index is -0.618. The SMILES string of the molecule is O=C(N[C@@H]1CN2CCC1CC2)c1cc2cc(F)cc(F)c2s1. The van der Waals surface area contributed by atoms with Gasteiger partial charge >= 0.3 is 0 Å². The topological polar surface area (TPSA) is 32.3 Å².